The number of hydrogen-bond acceptors (Lipinski definition) is 3. The van der Waals surface area contributed by atoms with Gasteiger partial charge >= 0.3 is 0 Å². The van der Waals surface area contributed by atoms with Crippen molar-refractivity contribution in [1.29, 1.82) is 0 Å². The molecule has 6 aromatic rings. The molecular formula is C44H39N3. The highest BCUT2D eigenvalue weighted by Crippen LogP contribution is 2.53. The Bertz CT molecular complexity index is 2280. The van der Waals surface area contributed by atoms with Gasteiger partial charge in [0.2, 0.25) is 0 Å². The Labute approximate surface area is 277 Å². The SMILES string of the molecule is CC1C=C2C(=C/C1=C(\Nc1ccc3ccccc3c1)c1ccccc1CNc1ccc3ccccc3c1)C(C)(C)c1cc(N)ccc12. The van der Waals surface area contributed by atoms with E-state index in [1.165, 1.54) is 60.5 Å². The highest BCUT2D eigenvalue weighted by molar-refractivity contribution is 5.95. The summed E-state index contributed by atoms with van der Waals surface area (Å²) >= 11 is 0. The zero-order valence-corrected chi connectivity index (χ0v) is 27.1. The lowest BCUT2D eigenvalue weighted by Gasteiger charge is -2.29. The van der Waals surface area contributed by atoms with Crippen molar-refractivity contribution in [3.05, 3.63) is 173 Å². The topological polar surface area (TPSA) is 50.1 Å². The number of benzene rings is 6. The van der Waals surface area contributed by atoms with E-state index in [1.54, 1.807) is 0 Å². The van der Waals surface area contributed by atoms with Gasteiger partial charge in [-0.15, -0.1) is 0 Å². The van der Waals surface area contributed by atoms with Gasteiger partial charge in [-0.25, -0.2) is 0 Å². The molecule has 0 bridgehead atoms. The smallest absolute Gasteiger partial charge is 0.0499 e. The summed E-state index contributed by atoms with van der Waals surface area (Å²) in [5.74, 6) is 0.192. The molecule has 0 aromatic heterocycles. The molecule has 0 spiro atoms. The molecule has 1 unspecified atom stereocenters. The van der Waals surface area contributed by atoms with E-state index in [2.05, 4.69) is 165 Å². The van der Waals surface area contributed by atoms with Crippen LogP contribution in [0.3, 0.4) is 0 Å². The van der Waals surface area contributed by atoms with Crippen LogP contribution in [0.25, 0.3) is 32.8 Å². The lowest BCUT2D eigenvalue weighted by molar-refractivity contribution is 0.656. The maximum Gasteiger partial charge on any atom is 0.0499 e. The molecule has 0 saturated carbocycles. The number of nitrogens with one attached hydrogen (secondary N) is 2. The summed E-state index contributed by atoms with van der Waals surface area (Å²) in [5.41, 5.74) is 19.3. The molecule has 0 saturated heterocycles. The molecule has 0 aliphatic heterocycles. The third-order valence-electron chi connectivity index (χ3n) is 10.0. The molecule has 230 valence electrons. The largest absolute Gasteiger partial charge is 0.399 e. The van der Waals surface area contributed by atoms with Crippen molar-refractivity contribution in [2.45, 2.75) is 32.7 Å². The zero-order valence-electron chi connectivity index (χ0n) is 27.1. The van der Waals surface area contributed by atoms with Gasteiger partial charge in [-0.2, -0.15) is 0 Å². The van der Waals surface area contributed by atoms with Gasteiger partial charge in [-0.05, 0) is 91.4 Å². The molecular weight excluding hydrogens is 571 g/mol. The fourth-order valence-electron chi connectivity index (χ4n) is 7.43. The van der Waals surface area contributed by atoms with Gasteiger partial charge in [0.05, 0.1) is 0 Å². The van der Waals surface area contributed by atoms with E-state index in [4.69, 9.17) is 5.73 Å². The quantitative estimate of drug-likeness (QED) is 0.165. The average Bonchev–Trinajstić information content (AvgIpc) is 3.30. The minimum Gasteiger partial charge on any atom is -0.399 e. The number of allylic oxidation sites excluding steroid dienone is 5. The molecule has 2 aliphatic rings. The molecule has 0 heterocycles. The third kappa shape index (κ3) is 5.18. The summed E-state index contributed by atoms with van der Waals surface area (Å²) in [5, 5.41) is 12.6. The summed E-state index contributed by atoms with van der Waals surface area (Å²) < 4.78 is 0. The first-order valence-corrected chi connectivity index (χ1v) is 16.5. The standard InChI is InChI=1S/C44H39N3/c1-28-22-40-38-21-18-34(45)25-41(38)44(2,3)42(40)26-39(28)43(47-36-20-17-30-11-5-7-13-32(30)24-36)37-15-9-8-14-33(37)27-46-35-19-16-29-10-4-6-12-31(29)23-35/h4-26,28,46-47H,27,45H2,1-3H3/b43-39+. The van der Waals surface area contributed by atoms with Gasteiger partial charge in [-0.3, -0.25) is 0 Å². The average molecular weight is 610 g/mol. The minimum absolute atomic E-state index is 0.160. The second-order valence-corrected chi connectivity index (χ2v) is 13.4. The lowest BCUT2D eigenvalue weighted by atomic mass is 9.77. The van der Waals surface area contributed by atoms with Crippen molar-refractivity contribution in [3.63, 3.8) is 0 Å². The van der Waals surface area contributed by atoms with Crippen LogP contribution in [-0.4, -0.2) is 0 Å². The van der Waals surface area contributed by atoms with Gasteiger partial charge in [0.1, 0.15) is 0 Å². The molecule has 3 nitrogen and oxygen atoms in total. The number of nitrogens with two attached hydrogens (primary N) is 1. The Morgan fingerprint density at radius 3 is 2.09 bits per heavy atom. The highest BCUT2D eigenvalue weighted by Gasteiger charge is 2.40. The van der Waals surface area contributed by atoms with Crippen molar-refractivity contribution in [3.8, 4) is 0 Å². The van der Waals surface area contributed by atoms with Crippen LogP contribution in [0, 0.1) is 5.92 Å². The van der Waals surface area contributed by atoms with Gasteiger partial charge in [0, 0.05) is 46.2 Å². The molecule has 0 amide bonds. The van der Waals surface area contributed by atoms with Gasteiger partial charge in [0.25, 0.3) is 0 Å². The van der Waals surface area contributed by atoms with Crippen LogP contribution in [0.4, 0.5) is 17.1 Å². The van der Waals surface area contributed by atoms with Crippen molar-refractivity contribution >= 4 is 49.9 Å². The van der Waals surface area contributed by atoms with Crippen molar-refractivity contribution in [1.82, 2.24) is 0 Å². The van der Waals surface area contributed by atoms with E-state index >= 15 is 0 Å². The van der Waals surface area contributed by atoms with Gasteiger partial charge < -0.3 is 16.4 Å². The van der Waals surface area contributed by atoms with Crippen LogP contribution in [0.1, 0.15) is 43.0 Å². The van der Waals surface area contributed by atoms with E-state index in [-0.39, 0.29) is 11.3 Å². The predicted octanol–water partition coefficient (Wildman–Crippen LogP) is 11.0. The number of anilines is 3. The first kappa shape index (κ1) is 28.9. The summed E-state index contributed by atoms with van der Waals surface area (Å²) in [6, 6.07) is 45.5. The Hall–Kier alpha value is -5.54. The molecule has 8 rings (SSSR count). The van der Waals surface area contributed by atoms with Crippen LogP contribution < -0.4 is 16.4 Å². The van der Waals surface area contributed by atoms with E-state index in [0.29, 0.717) is 6.54 Å². The zero-order chi connectivity index (χ0) is 32.1. The Morgan fingerprint density at radius 2 is 1.34 bits per heavy atom. The van der Waals surface area contributed by atoms with Gasteiger partial charge in [0.15, 0.2) is 0 Å². The maximum atomic E-state index is 6.30. The normalized spacial score (nSPS) is 17.5. The Kier molecular flexibility index (Phi) is 6.99. The Morgan fingerprint density at radius 1 is 0.702 bits per heavy atom. The molecule has 6 aromatic carbocycles. The molecule has 1 atom stereocenters. The van der Waals surface area contributed by atoms with Crippen LogP contribution in [-0.2, 0) is 12.0 Å². The van der Waals surface area contributed by atoms with Crippen molar-refractivity contribution in [2.75, 3.05) is 16.4 Å². The summed E-state index contributed by atoms with van der Waals surface area (Å²) in [4.78, 5) is 0. The second-order valence-electron chi connectivity index (χ2n) is 13.4. The highest BCUT2D eigenvalue weighted by atomic mass is 14.9. The van der Waals surface area contributed by atoms with E-state index < -0.39 is 0 Å². The fourth-order valence-corrected chi connectivity index (χ4v) is 7.43. The molecule has 47 heavy (non-hydrogen) atoms. The summed E-state index contributed by atoms with van der Waals surface area (Å²) in [7, 11) is 0. The first-order chi connectivity index (χ1) is 22.8. The summed E-state index contributed by atoms with van der Waals surface area (Å²) in [6.45, 7) is 7.66. The maximum absolute atomic E-state index is 6.30. The first-order valence-electron chi connectivity index (χ1n) is 16.5. The molecule has 4 N–H and O–H groups in total. The van der Waals surface area contributed by atoms with E-state index in [9.17, 15) is 0 Å². The molecule has 2 aliphatic carbocycles. The van der Waals surface area contributed by atoms with Crippen LogP contribution in [0.5, 0.6) is 0 Å². The van der Waals surface area contributed by atoms with E-state index in [1.807, 2.05) is 6.07 Å². The predicted molar refractivity (Wildman–Crippen MR) is 201 cm³/mol. The number of hydrogen-bond donors (Lipinski definition) is 3. The number of rotatable bonds is 6. The van der Waals surface area contributed by atoms with Crippen molar-refractivity contribution < 1.29 is 0 Å². The van der Waals surface area contributed by atoms with E-state index in [0.717, 1.165) is 22.8 Å². The summed E-state index contributed by atoms with van der Waals surface area (Å²) in [6.07, 6.45) is 4.90. The minimum atomic E-state index is -0.160. The lowest BCUT2D eigenvalue weighted by Crippen LogP contribution is -2.19. The molecule has 0 fully saturated rings. The number of fused-ring (bicyclic) bond motifs is 5. The van der Waals surface area contributed by atoms with Crippen LogP contribution in [0.15, 0.2) is 151 Å². The molecule has 3 heteroatoms. The molecule has 0 radical (unpaired) electrons. The fraction of sp³-hybridized carbons (Fsp3) is 0.136. The van der Waals surface area contributed by atoms with Crippen LogP contribution >= 0.6 is 0 Å². The van der Waals surface area contributed by atoms with Gasteiger partial charge in [-0.1, -0.05) is 124 Å². The monoisotopic (exact) mass is 609 g/mol. The second kappa shape index (κ2) is 11.4. The van der Waals surface area contributed by atoms with Crippen LogP contribution in [0.2, 0.25) is 0 Å². The van der Waals surface area contributed by atoms with Crippen molar-refractivity contribution in [2.24, 2.45) is 5.92 Å². The Balaban J connectivity index is 1.25. The number of nitrogen functional groups attached to an aromatic ring is 1. The third-order valence-corrected chi connectivity index (χ3v) is 10.0.